The molecule has 3 aromatic rings. The summed E-state index contributed by atoms with van der Waals surface area (Å²) in [5.74, 6) is 1.57. The van der Waals surface area contributed by atoms with E-state index >= 15 is 0 Å². The molecular formula is C24H25NO3. The van der Waals surface area contributed by atoms with E-state index in [2.05, 4.69) is 68.4 Å². The summed E-state index contributed by atoms with van der Waals surface area (Å²) in [6.45, 7) is 4.69. The van der Waals surface area contributed by atoms with Gasteiger partial charge in [-0.3, -0.25) is 4.79 Å². The quantitative estimate of drug-likeness (QED) is 0.494. The van der Waals surface area contributed by atoms with Crippen LogP contribution in [0, 0.1) is 13.8 Å². The molecule has 1 aliphatic heterocycles. The Morgan fingerprint density at radius 3 is 2.32 bits per heavy atom. The highest BCUT2D eigenvalue weighted by atomic mass is 16.5. The zero-order valence-electron chi connectivity index (χ0n) is 16.1. The molecule has 0 aromatic heterocycles. The SMILES string of the molecule is Cc1cccc(C2COc3cc(C)ccc3C2c2ccc(N)cc2)c1.O=CO. The number of anilines is 1. The van der Waals surface area contributed by atoms with Gasteiger partial charge in [0.05, 0.1) is 6.61 Å². The van der Waals surface area contributed by atoms with Crippen LogP contribution in [0.3, 0.4) is 0 Å². The monoisotopic (exact) mass is 375 g/mol. The van der Waals surface area contributed by atoms with Crippen molar-refractivity contribution in [2.45, 2.75) is 25.7 Å². The lowest BCUT2D eigenvalue weighted by molar-refractivity contribution is -0.122. The van der Waals surface area contributed by atoms with Crippen LogP contribution >= 0.6 is 0 Å². The summed E-state index contributed by atoms with van der Waals surface area (Å²) in [5, 5.41) is 6.89. The van der Waals surface area contributed by atoms with Crippen molar-refractivity contribution in [3.8, 4) is 5.75 Å². The smallest absolute Gasteiger partial charge is 0.290 e. The second-order valence-corrected chi connectivity index (χ2v) is 7.12. The zero-order valence-corrected chi connectivity index (χ0v) is 16.1. The molecule has 0 fully saturated rings. The van der Waals surface area contributed by atoms with E-state index < -0.39 is 0 Å². The summed E-state index contributed by atoms with van der Waals surface area (Å²) in [6.07, 6.45) is 0. The topological polar surface area (TPSA) is 72.5 Å². The Bertz CT molecular complexity index is 950. The van der Waals surface area contributed by atoms with Crippen LogP contribution in [0.2, 0.25) is 0 Å². The van der Waals surface area contributed by atoms with Crippen molar-refractivity contribution in [3.05, 3.63) is 94.5 Å². The van der Waals surface area contributed by atoms with Crippen LogP contribution in [-0.4, -0.2) is 18.2 Å². The molecule has 3 aromatic carbocycles. The van der Waals surface area contributed by atoms with Crippen LogP contribution in [0.1, 0.15) is 39.7 Å². The van der Waals surface area contributed by atoms with Crippen LogP contribution in [0.5, 0.6) is 5.75 Å². The Balaban J connectivity index is 0.000000706. The van der Waals surface area contributed by atoms with E-state index in [0.29, 0.717) is 12.5 Å². The molecular weight excluding hydrogens is 350 g/mol. The molecule has 0 bridgehead atoms. The lowest BCUT2D eigenvalue weighted by atomic mass is 9.75. The average Bonchev–Trinajstić information content (AvgIpc) is 2.68. The molecule has 3 N–H and O–H groups in total. The number of benzene rings is 3. The summed E-state index contributed by atoms with van der Waals surface area (Å²) in [7, 11) is 0. The first-order valence-electron chi connectivity index (χ1n) is 9.26. The van der Waals surface area contributed by atoms with Gasteiger partial charge in [-0.05, 0) is 48.7 Å². The van der Waals surface area contributed by atoms with Gasteiger partial charge in [0.2, 0.25) is 0 Å². The third-order valence-corrected chi connectivity index (χ3v) is 5.09. The van der Waals surface area contributed by atoms with E-state index in [1.807, 2.05) is 12.1 Å². The number of ether oxygens (including phenoxy) is 1. The minimum Gasteiger partial charge on any atom is -0.493 e. The number of nitrogen functional groups attached to an aromatic ring is 1. The van der Waals surface area contributed by atoms with E-state index in [1.54, 1.807) is 0 Å². The molecule has 0 amide bonds. The maximum Gasteiger partial charge on any atom is 0.290 e. The fraction of sp³-hybridized carbons (Fsp3) is 0.208. The second kappa shape index (κ2) is 8.61. The highest BCUT2D eigenvalue weighted by Crippen LogP contribution is 2.46. The molecule has 0 saturated carbocycles. The molecule has 0 spiro atoms. The summed E-state index contributed by atoms with van der Waals surface area (Å²) >= 11 is 0. The number of nitrogens with two attached hydrogens (primary N) is 1. The van der Waals surface area contributed by atoms with E-state index in [-0.39, 0.29) is 12.4 Å². The van der Waals surface area contributed by atoms with E-state index in [4.69, 9.17) is 20.4 Å². The zero-order chi connectivity index (χ0) is 20.1. The number of carbonyl (C=O) groups is 1. The van der Waals surface area contributed by atoms with Gasteiger partial charge in [0, 0.05) is 23.1 Å². The van der Waals surface area contributed by atoms with Crippen molar-refractivity contribution < 1.29 is 14.6 Å². The fourth-order valence-electron chi connectivity index (χ4n) is 3.82. The number of fused-ring (bicyclic) bond motifs is 1. The van der Waals surface area contributed by atoms with Gasteiger partial charge in [-0.25, -0.2) is 0 Å². The van der Waals surface area contributed by atoms with Gasteiger partial charge in [-0.15, -0.1) is 0 Å². The Morgan fingerprint density at radius 2 is 1.64 bits per heavy atom. The first kappa shape index (κ1) is 19.5. The highest BCUT2D eigenvalue weighted by molar-refractivity contribution is 5.51. The van der Waals surface area contributed by atoms with Crippen LogP contribution < -0.4 is 10.5 Å². The maximum absolute atomic E-state index is 8.36. The molecule has 1 aliphatic rings. The van der Waals surface area contributed by atoms with Gasteiger partial charge in [-0.1, -0.05) is 54.1 Å². The number of hydrogen-bond acceptors (Lipinski definition) is 3. The van der Waals surface area contributed by atoms with Crippen molar-refractivity contribution in [2.75, 3.05) is 12.3 Å². The standard InChI is InChI=1S/C23H23NO.CH2O2/c1-15-4-3-5-18(12-15)21-14-25-22-13-16(2)6-11-20(22)23(21)17-7-9-19(24)10-8-17;2-1-3/h3-13,21,23H,14,24H2,1-2H3;1H,(H,2,3). The van der Waals surface area contributed by atoms with Gasteiger partial charge in [-0.2, -0.15) is 0 Å². The maximum atomic E-state index is 8.36. The van der Waals surface area contributed by atoms with Crippen molar-refractivity contribution in [3.63, 3.8) is 0 Å². The first-order chi connectivity index (χ1) is 13.5. The van der Waals surface area contributed by atoms with Gasteiger partial charge in [0.15, 0.2) is 0 Å². The van der Waals surface area contributed by atoms with Gasteiger partial charge in [0.1, 0.15) is 5.75 Å². The third kappa shape index (κ3) is 4.17. The van der Waals surface area contributed by atoms with Crippen molar-refractivity contribution in [2.24, 2.45) is 0 Å². The summed E-state index contributed by atoms with van der Waals surface area (Å²) < 4.78 is 6.16. The molecule has 0 aliphatic carbocycles. The molecule has 4 rings (SSSR count). The highest BCUT2D eigenvalue weighted by Gasteiger charge is 2.33. The van der Waals surface area contributed by atoms with Crippen LogP contribution in [0.4, 0.5) is 5.69 Å². The molecule has 1 heterocycles. The molecule has 2 unspecified atom stereocenters. The largest absolute Gasteiger partial charge is 0.493 e. The van der Waals surface area contributed by atoms with Gasteiger partial charge in [0.25, 0.3) is 6.47 Å². The Kier molecular flexibility index (Phi) is 5.99. The van der Waals surface area contributed by atoms with Crippen LogP contribution in [0.25, 0.3) is 0 Å². The third-order valence-electron chi connectivity index (χ3n) is 5.09. The number of aryl methyl sites for hydroxylation is 2. The Hall–Kier alpha value is -3.27. The summed E-state index contributed by atoms with van der Waals surface area (Å²) in [5.41, 5.74) is 13.1. The van der Waals surface area contributed by atoms with Crippen molar-refractivity contribution >= 4 is 12.2 Å². The lowest BCUT2D eigenvalue weighted by Crippen LogP contribution is -2.25. The first-order valence-corrected chi connectivity index (χ1v) is 9.26. The van der Waals surface area contributed by atoms with Crippen LogP contribution in [-0.2, 0) is 4.79 Å². The molecule has 0 radical (unpaired) electrons. The normalized spacial score (nSPS) is 17.5. The Morgan fingerprint density at radius 1 is 0.964 bits per heavy atom. The molecule has 4 nitrogen and oxygen atoms in total. The molecule has 144 valence electrons. The van der Waals surface area contributed by atoms with E-state index in [1.165, 1.54) is 27.8 Å². The van der Waals surface area contributed by atoms with Crippen molar-refractivity contribution in [1.82, 2.24) is 0 Å². The number of hydrogen-bond donors (Lipinski definition) is 2. The summed E-state index contributed by atoms with van der Waals surface area (Å²) in [4.78, 5) is 8.36. The molecule has 4 heteroatoms. The van der Waals surface area contributed by atoms with E-state index in [9.17, 15) is 0 Å². The Labute approximate surface area is 165 Å². The number of carboxylic acid groups (broad SMARTS) is 1. The molecule has 2 atom stereocenters. The van der Waals surface area contributed by atoms with Crippen LogP contribution in [0.15, 0.2) is 66.7 Å². The van der Waals surface area contributed by atoms with E-state index in [0.717, 1.165) is 11.4 Å². The minimum absolute atomic E-state index is 0.250. The van der Waals surface area contributed by atoms with Gasteiger partial charge >= 0.3 is 0 Å². The summed E-state index contributed by atoms with van der Waals surface area (Å²) in [6, 6.07) is 23.6. The van der Waals surface area contributed by atoms with Crippen molar-refractivity contribution in [1.29, 1.82) is 0 Å². The van der Waals surface area contributed by atoms with Gasteiger partial charge < -0.3 is 15.6 Å². The predicted molar refractivity (Wildman–Crippen MR) is 112 cm³/mol. The second-order valence-electron chi connectivity index (χ2n) is 7.12. The lowest BCUT2D eigenvalue weighted by Gasteiger charge is -2.35. The molecule has 28 heavy (non-hydrogen) atoms. The fourth-order valence-corrected chi connectivity index (χ4v) is 3.82. The average molecular weight is 375 g/mol. The number of rotatable bonds is 2. The molecule has 0 saturated heterocycles. The predicted octanol–water partition coefficient (Wildman–Crippen LogP) is 4.89. The minimum atomic E-state index is -0.250.